The number of ketones is 1. The van der Waals surface area contributed by atoms with E-state index in [4.69, 9.17) is 0 Å². The summed E-state index contributed by atoms with van der Waals surface area (Å²) < 4.78 is 1.95. The Kier molecular flexibility index (Phi) is 3.08. The molecule has 1 unspecified atom stereocenters. The van der Waals surface area contributed by atoms with E-state index < -0.39 is 0 Å². The fourth-order valence-corrected chi connectivity index (χ4v) is 2.56. The van der Waals surface area contributed by atoms with Crippen molar-refractivity contribution in [1.29, 1.82) is 0 Å². The molecular weight excluding hydrogens is 240 g/mol. The Morgan fingerprint density at radius 3 is 3.05 bits per heavy atom. The number of aromatic nitrogens is 2. The topological polar surface area (TPSA) is 50.2 Å². The molecule has 1 atom stereocenters. The van der Waals surface area contributed by atoms with Crippen LogP contribution < -0.4 is 5.32 Å². The average molecular weight is 258 g/mol. The largest absolute Gasteiger partial charge is 0.334 e. The molecule has 2 heterocycles. The molecule has 19 heavy (non-hydrogen) atoms. The normalized spacial score (nSPS) is 20.8. The molecule has 0 aliphatic carbocycles. The fourth-order valence-electron chi connectivity index (χ4n) is 2.56. The minimum atomic E-state index is -0.111. The van der Waals surface area contributed by atoms with Gasteiger partial charge in [-0.2, -0.15) is 0 Å². The van der Waals surface area contributed by atoms with Crippen molar-refractivity contribution in [1.82, 2.24) is 19.8 Å². The van der Waals surface area contributed by atoms with Crippen LogP contribution in [0.25, 0.3) is 11.0 Å². The number of fused-ring (bicyclic) bond motifs is 1. The van der Waals surface area contributed by atoms with E-state index in [1.54, 1.807) is 6.33 Å². The van der Waals surface area contributed by atoms with Crippen molar-refractivity contribution in [3.05, 3.63) is 30.1 Å². The number of imidazole rings is 1. The SMILES string of the molecule is CN1CCNC(C(=O)c2ccc3c(c2)ncn3C)C1. The second-order valence-electron chi connectivity index (χ2n) is 5.19. The minimum absolute atomic E-state index is 0.111. The summed E-state index contributed by atoms with van der Waals surface area (Å²) in [6, 6.07) is 5.62. The van der Waals surface area contributed by atoms with Gasteiger partial charge in [0.2, 0.25) is 0 Å². The summed E-state index contributed by atoms with van der Waals surface area (Å²) in [5, 5.41) is 3.28. The summed E-state index contributed by atoms with van der Waals surface area (Å²) in [7, 11) is 4.00. The molecule has 1 aromatic carbocycles. The molecule has 1 aliphatic heterocycles. The van der Waals surface area contributed by atoms with Crippen LogP contribution in [0.3, 0.4) is 0 Å². The number of rotatable bonds is 2. The lowest BCUT2D eigenvalue weighted by molar-refractivity contribution is 0.0894. The van der Waals surface area contributed by atoms with Crippen LogP contribution in [-0.2, 0) is 7.05 Å². The van der Waals surface area contributed by atoms with Gasteiger partial charge in [0.05, 0.1) is 23.4 Å². The van der Waals surface area contributed by atoms with E-state index in [-0.39, 0.29) is 11.8 Å². The number of Topliss-reactive ketones (excluding diaryl/α,β-unsaturated/α-hetero) is 1. The third kappa shape index (κ3) is 2.27. The lowest BCUT2D eigenvalue weighted by atomic mass is 10.0. The van der Waals surface area contributed by atoms with Gasteiger partial charge in [-0.05, 0) is 25.2 Å². The van der Waals surface area contributed by atoms with Gasteiger partial charge in [0.15, 0.2) is 5.78 Å². The molecule has 1 aliphatic rings. The fraction of sp³-hybridized carbons (Fsp3) is 0.429. The molecule has 0 saturated carbocycles. The molecule has 5 nitrogen and oxygen atoms in total. The maximum atomic E-state index is 12.5. The van der Waals surface area contributed by atoms with Gasteiger partial charge in [-0.1, -0.05) is 0 Å². The summed E-state index contributed by atoms with van der Waals surface area (Å²) in [5.41, 5.74) is 2.65. The first-order valence-corrected chi connectivity index (χ1v) is 6.52. The summed E-state index contributed by atoms with van der Waals surface area (Å²) >= 11 is 0. The highest BCUT2D eigenvalue weighted by Crippen LogP contribution is 2.16. The zero-order valence-electron chi connectivity index (χ0n) is 11.3. The molecule has 2 aromatic rings. The predicted octanol–water partition coefficient (Wildman–Crippen LogP) is 0.660. The molecule has 1 saturated heterocycles. The van der Waals surface area contributed by atoms with Crippen LogP contribution in [-0.4, -0.2) is 53.0 Å². The number of carbonyl (C=O) groups excluding carboxylic acids is 1. The van der Waals surface area contributed by atoms with Crippen LogP contribution in [0.2, 0.25) is 0 Å². The van der Waals surface area contributed by atoms with Gasteiger partial charge in [-0.15, -0.1) is 0 Å². The smallest absolute Gasteiger partial charge is 0.181 e. The van der Waals surface area contributed by atoms with Crippen LogP contribution in [0.15, 0.2) is 24.5 Å². The first-order valence-electron chi connectivity index (χ1n) is 6.52. The predicted molar refractivity (Wildman–Crippen MR) is 74.3 cm³/mol. The van der Waals surface area contributed by atoms with E-state index in [1.807, 2.05) is 36.9 Å². The van der Waals surface area contributed by atoms with Gasteiger partial charge in [0.1, 0.15) is 0 Å². The highest BCUT2D eigenvalue weighted by molar-refractivity contribution is 6.02. The monoisotopic (exact) mass is 258 g/mol. The second kappa shape index (κ2) is 4.75. The van der Waals surface area contributed by atoms with E-state index >= 15 is 0 Å². The third-order valence-electron chi connectivity index (χ3n) is 3.70. The van der Waals surface area contributed by atoms with E-state index in [2.05, 4.69) is 15.2 Å². The Bertz CT molecular complexity index is 619. The molecule has 1 fully saturated rings. The minimum Gasteiger partial charge on any atom is -0.334 e. The first kappa shape index (κ1) is 12.3. The van der Waals surface area contributed by atoms with Crippen molar-refractivity contribution in [3.63, 3.8) is 0 Å². The van der Waals surface area contributed by atoms with E-state index in [9.17, 15) is 4.79 Å². The number of hydrogen-bond acceptors (Lipinski definition) is 4. The molecule has 1 N–H and O–H groups in total. The average Bonchev–Trinajstić information content (AvgIpc) is 2.79. The first-order chi connectivity index (χ1) is 9.15. The van der Waals surface area contributed by atoms with Gasteiger partial charge in [-0.3, -0.25) is 4.79 Å². The number of hydrogen-bond donors (Lipinski definition) is 1. The van der Waals surface area contributed by atoms with Crippen molar-refractivity contribution < 1.29 is 4.79 Å². The lowest BCUT2D eigenvalue weighted by Crippen LogP contribution is -2.52. The Morgan fingerprint density at radius 2 is 2.26 bits per heavy atom. The number of benzene rings is 1. The number of aryl methyl sites for hydroxylation is 1. The molecule has 1 aromatic heterocycles. The molecule has 0 radical (unpaired) electrons. The summed E-state index contributed by atoms with van der Waals surface area (Å²) in [6.07, 6.45) is 1.77. The molecule has 0 amide bonds. The molecular formula is C14H18N4O. The zero-order chi connectivity index (χ0) is 13.4. The standard InChI is InChI=1S/C14H18N4O/c1-17-6-5-15-12(8-17)14(19)10-3-4-13-11(7-10)16-9-18(13)2/h3-4,7,9,12,15H,5-6,8H2,1-2H3. The number of piperazine rings is 1. The maximum absolute atomic E-state index is 12.5. The molecule has 100 valence electrons. The van der Waals surface area contributed by atoms with Gasteiger partial charge in [0, 0.05) is 32.2 Å². The number of nitrogens with zero attached hydrogens (tertiary/aromatic N) is 3. The third-order valence-corrected chi connectivity index (χ3v) is 3.70. The van der Waals surface area contributed by atoms with Crippen molar-refractivity contribution in [2.24, 2.45) is 7.05 Å². The Morgan fingerprint density at radius 1 is 1.42 bits per heavy atom. The van der Waals surface area contributed by atoms with E-state index in [1.165, 1.54) is 0 Å². The van der Waals surface area contributed by atoms with Crippen LogP contribution in [0.4, 0.5) is 0 Å². The zero-order valence-corrected chi connectivity index (χ0v) is 11.3. The van der Waals surface area contributed by atoms with Crippen LogP contribution in [0.1, 0.15) is 10.4 Å². The highest BCUT2D eigenvalue weighted by Gasteiger charge is 2.24. The Hall–Kier alpha value is -1.72. The van der Waals surface area contributed by atoms with Crippen LogP contribution >= 0.6 is 0 Å². The van der Waals surface area contributed by atoms with Crippen molar-refractivity contribution in [2.45, 2.75) is 6.04 Å². The lowest BCUT2D eigenvalue weighted by Gasteiger charge is -2.29. The van der Waals surface area contributed by atoms with Crippen molar-refractivity contribution in [3.8, 4) is 0 Å². The Balaban J connectivity index is 1.88. The number of carbonyl (C=O) groups is 1. The summed E-state index contributed by atoms with van der Waals surface area (Å²) in [6.45, 7) is 2.61. The molecule has 3 rings (SSSR count). The van der Waals surface area contributed by atoms with Gasteiger partial charge >= 0.3 is 0 Å². The van der Waals surface area contributed by atoms with Crippen LogP contribution in [0.5, 0.6) is 0 Å². The summed E-state index contributed by atoms with van der Waals surface area (Å²) in [4.78, 5) is 19.0. The number of likely N-dealkylation sites (N-methyl/N-ethyl adjacent to an activating group) is 1. The Labute approximate surface area is 112 Å². The van der Waals surface area contributed by atoms with Crippen molar-refractivity contribution >= 4 is 16.8 Å². The summed E-state index contributed by atoms with van der Waals surface area (Å²) in [5.74, 6) is 0.152. The number of nitrogens with one attached hydrogen (secondary N) is 1. The second-order valence-corrected chi connectivity index (χ2v) is 5.19. The van der Waals surface area contributed by atoms with E-state index in [0.717, 1.165) is 36.2 Å². The molecule has 0 spiro atoms. The van der Waals surface area contributed by atoms with Gasteiger partial charge in [-0.25, -0.2) is 4.98 Å². The molecule has 0 bridgehead atoms. The highest BCUT2D eigenvalue weighted by atomic mass is 16.1. The van der Waals surface area contributed by atoms with Crippen LogP contribution in [0, 0.1) is 0 Å². The van der Waals surface area contributed by atoms with Crippen molar-refractivity contribution in [2.75, 3.05) is 26.7 Å². The molecule has 5 heteroatoms. The van der Waals surface area contributed by atoms with E-state index in [0.29, 0.717) is 0 Å². The van der Waals surface area contributed by atoms with Gasteiger partial charge < -0.3 is 14.8 Å². The maximum Gasteiger partial charge on any atom is 0.181 e. The quantitative estimate of drug-likeness (QED) is 0.804. The van der Waals surface area contributed by atoms with Gasteiger partial charge in [0.25, 0.3) is 0 Å².